The Morgan fingerprint density at radius 1 is 0.970 bits per heavy atom. The lowest BCUT2D eigenvalue weighted by molar-refractivity contribution is -0.130. The summed E-state index contributed by atoms with van der Waals surface area (Å²) < 4.78 is 7.36. The Balaban J connectivity index is 1.56. The standard InChI is InChI=1S/C26H21N3O4/c1-16-13-19(17(2)29(16)23-11-5-8-18-7-3-4-10-21(18)23)14-22-24(30)27-26(32)28(25(22)31)15-20-9-6-12-33-20/h3-14H,15H2,1-2H3,(H,27,30,32)/b22-14+. The summed E-state index contributed by atoms with van der Waals surface area (Å²) in [7, 11) is 0. The van der Waals surface area contributed by atoms with Gasteiger partial charge in [-0.1, -0.05) is 36.4 Å². The van der Waals surface area contributed by atoms with E-state index in [1.54, 1.807) is 18.2 Å². The third-order valence-electron chi connectivity index (χ3n) is 5.86. The summed E-state index contributed by atoms with van der Waals surface area (Å²) in [5.41, 5.74) is 3.49. The number of carbonyl (C=O) groups excluding carboxylic acids is 3. The van der Waals surface area contributed by atoms with Crippen LogP contribution in [-0.2, 0) is 16.1 Å². The molecule has 1 N–H and O–H groups in total. The van der Waals surface area contributed by atoms with E-state index in [0.29, 0.717) is 5.76 Å². The van der Waals surface area contributed by atoms with Crippen molar-refractivity contribution in [3.05, 3.63) is 95.2 Å². The third kappa shape index (κ3) is 3.53. The first kappa shape index (κ1) is 20.5. The van der Waals surface area contributed by atoms with Crippen LogP contribution in [-0.4, -0.2) is 27.3 Å². The number of nitrogens with one attached hydrogen (secondary N) is 1. The van der Waals surface area contributed by atoms with Gasteiger partial charge in [-0.2, -0.15) is 0 Å². The zero-order valence-corrected chi connectivity index (χ0v) is 18.2. The third-order valence-corrected chi connectivity index (χ3v) is 5.86. The molecule has 33 heavy (non-hydrogen) atoms. The molecule has 4 amide bonds. The largest absolute Gasteiger partial charge is 0.467 e. The molecule has 3 heterocycles. The quantitative estimate of drug-likeness (QED) is 0.375. The van der Waals surface area contributed by atoms with Gasteiger partial charge < -0.3 is 8.98 Å². The Labute approximate surface area is 189 Å². The molecule has 0 spiro atoms. The lowest BCUT2D eigenvalue weighted by Gasteiger charge is -2.25. The van der Waals surface area contributed by atoms with Crippen molar-refractivity contribution in [2.24, 2.45) is 0 Å². The molecular weight excluding hydrogens is 418 g/mol. The van der Waals surface area contributed by atoms with Gasteiger partial charge in [-0.05, 0) is 55.1 Å². The summed E-state index contributed by atoms with van der Waals surface area (Å²) in [5, 5.41) is 4.47. The summed E-state index contributed by atoms with van der Waals surface area (Å²) in [6.07, 6.45) is 3.01. The average Bonchev–Trinajstić information content (AvgIpc) is 3.41. The molecule has 7 heteroatoms. The number of aromatic nitrogens is 1. The van der Waals surface area contributed by atoms with Gasteiger partial charge in [0.25, 0.3) is 11.8 Å². The van der Waals surface area contributed by atoms with Crippen molar-refractivity contribution >= 4 is 34.7 Å². The SMILES string of the molecule is Cc1cc(/C=C2\C(=O)NC(=O)N(Cc3ccco3)C2=O)c(C)n1-c1cccc2ccccc12. The van der Waals surface area contributed by atoms with Gasteiger partial charge in [0.1, 0.15) is 11.3 Å². The smallest absolute Gasteiger partial charge is 0.331 e. The summed E-state index contributed by atoms with van der Waals surface area (Å²) in [6.45, 7) is 3.86. The molecule has 164 valence electrons. The Morgan fingerprint density at radius 3 is 2.55 bits per heavy atom. The molecule has 2 aromatic heterocycles. The molecule has 2 aromatic carbocycles. The number of hydrogen-bond acceptors (Lipinski definition) is 4. The van der Waals surface area contributed by atoms with Crippen LogP contribution in [0.2, 0.25) is 0 Å². The summed E-state index contributed by atoms with van der Waals surface area (Å²) >= 11 is 0. The van der Waals surface area contributed by atoms with Crippen LogP contribution < -0.4 is 5.32 Å². The van der Waals surface area contributed by atoms with Crippen LogP contribution in [0.25, 0.3) is 22.5 Å². The molecule has 1 aliphatic heterocycles. The Kier molecular flexibility index (Phi) is 4.94. The van der Waals surface area contributed by atoms with E-state index in [-0.39, 0.29) is 12.1 Å². The van der Waals surface area contributed by atoms with E-state index in [1.165, 1.54) is 6.26 Å². The fourth-order valence-electron chi connectivity index (χ4n) is 4.26. The number of furan rings is 1. The first-order valence-corrected chi connectivity index (χ1v) is 10.5. The molecule has 1 fully saturated rings. The molecule has 0 saturated carbocycles. The summed E-state index contributed by atoms with van der Waals surface area (Å²) in [5.74, 6) is -0.924. The number of benzene rings is 2. The van der Waals surface area contributed by atoms with Gasteiger partial charge in [-0.15, -0.1) is 0 Å². The van der Waals surface area contributed by atoms with Crippen molar-refractivity contribution in [2.75, 3.05) is 0 Å². The van der Waals surface area contributed by atoms with Crippen LogP contribution in [0.1, 0.15) is 22.7 Å². The monoisotopic (exact) mass is 439 g/mol. The van der Waals surface area contributed by atoms with Crippen LogP contribution in [0.4, 0.5) is 4.79 Å². The van der Waals surface area contributed by atoms with Crippen LogP contribution in [0.3, 0.4) is 0 Å². The Morgan fingerprint density at radius 2 is 1.76 bits per heavy atom. The molecule has 0 aliphatic carbocycles. The van der Waals surface area contributed by atoms with Gasteiger partial charge in [0, 0.05) is 16.8 Å². The van der Waals surface area contributed by atoms with Crippen molar-refractivity contribution in [3.63, 3.8) is 0 Å². The number of nitrogens with zero attached hydrogens (tertiary/aromatic N) is 2. The number of aryl methyl sites for hydroxylation is 1. The minimum atomic E-state index is -0.764. The van der Waals surface area contributed by atoms with Crippen molar-refractivity contribution in [1.29, 1.82) is 0 Å². The molecule has 4 aromatic rings. The number of barbiturate groups is 1. The van der Waals surface area contributed by atoms with Crippen molar-refractivity contribution in [1.82, 2.24) is 14.8 Å². The number of rotatable bonds is 4. The van der Waals surface area contributed by atoms with Crippen molar-refractivity contribution in [3.8, 4) is 5.69 Å². The predicted octanol–water partition coefficient (Wildman–Crippen LogP) is 4.50. The second kappa shape index (κ2) is 7.94. The Bertz CT molecular complexity index is 1440. The fraction of sp³-hybridized carbons (Fsp3) is 0.115. The lowest BCUT2D eigenvalue weighted by atomic mass is 10.1. The topological polar surface area (TPSA) is 84.6 Å². The van der Waals surface area contributed by atoms with E-state index in [0.717, 1.165) is 38.3 Å². The van der Waals surface area contributed by atoms with E-state index in [1.807, 2.05) is 44.2 Å². The number of fused-ring (bicyclic) bond motifs is 1. The number of urea groups is 1. The van der Waals surface area contributed by atoms with Gasteiger partial charge >= 0.3 is 6.03 Å². The average molecular weight is 439 g/mol. The maximum Gasteiger partial charge on any atom is 0.331 e. The number of imide groups is 2. The second-order valence-corrected chi connectivity index (χ2v) is 7.95. The molecule has 5 rings (SSSR count). The Hall–Kier alpha value is -4.39. The highest BCUT2D eigenvalue weighted by Crippen LogP contribution is 2.29. The molecule has 0 atom stereocenters. The van der Waals surface area contributed by atoms with Crippen molar-refractivity contribution < 1.29 is 18.8 Å². The highest BCUT2D eigenvalue weighted by Gasteiger charge is 2.36. The first-order chi connectivity index (χ1) is 15.9. The van der Waals surface area contributed by atoms with Gasteiger partial charge in [-0.25, -0.2) is 4.79 Å². The van der Waals surface area contributed by atoms with Gasteiger partial charge in [0.2, 0.25) is 0 Å². The van der Waals surface area contributed by atoms with E-state index in [2.05, 4.69) is 28.1 Å². The molecule has 0 unspecified atom stereocenters. The van der Waals surface area contributed by atoms with Gasteiger partial charge in [0.05, 0.1) is 18.5 Å². The van der Waals surface area contributed by atoms with Crippen molar-refractivity contribution in [2.45, 2.75) is 20.4 Å². The van der Waals surface area contributed by atoms with E-state index in [9.17, 15) is 14.4 Å². The van der Waals surface area contributed by atoms with Crippen LogP contribution in [0, 0.1) is 13.8 Å². The van der Waals surface area contributed by atoms with Crippen LogP contribution in [0.5, 0.6) is 0 Å². The maximum atomic E-state index is 13.1. The van der Waals surface area contributed by atoms with Crippen LogP contribution >= 0.6 is 0 Å². The number of hydrogen-bond donors (Lipinski definition) is 1. The molecular formula is C26H21N3O4. The molecule has 7 nitrogen and oxygen atoms in total. The van der Waals surface area contributed by atoms with Crippen LogP contribution in [0.15, 0.2) is 76.9 Å². The fourth-order valence-corrected chi connectivity index (χ4v) is 4.26. The molecule has 1 saturated heterocycles. The highest BCUT2D eigenvalue weighted by molar-refractivity contribution is 6.31. The van der Waals surface area contributed by atoms with Gasteiger partial charge in [0.15, 0.2) is 0 Å². The summed E-state index contributed by atoms with van der Waals surface area (Å²) in [6, 6.07) is 18.7. The maximum absolute atomic E-state index is 13.1. The first-order valence-electron chi connectivity index (χ1n) is 10.5. The number of amides is 4. The number of carbonyl (C=O) groups is 3. The van der Waals surface area contributed by atoms with E-state index in [4.69, 9.17) is 4.42 Å². The second-order valence-electron chi connectivity index (χ2n) is 7.95. The zero-order valence-electron chi connectivity index (χ0n) is 18.2. The lowest BCUT2D eigenvalue weighted by Crippen LogP contribution is -2.53. The molecule has 0 bridgehead atoms. The predicted molar refractivity (Wildman–Crippen MR) is 124 cm³/mol. The molecule has 1 aliphatic rings. The normalized spacial score (nSPS) is 15.5. The minimum Gasteiger partial charge on any atom is -0.467 e. The highest BCUT2D eigenvalue weighted by atomic mass is 16.3. The zero-order chi connectivity index (χ0) is 23.1. The molecule has 0 radical (unpaired) electrons. The van der Waals surface area contributed by atoms with E-state index >= 15 is 0 Å². The van der Waals surface area contributed by atoms with Gasteiger partial charge in [-0.3, -0.25) is 19.8 Å². The minimum absolute atomic E-state index is 0.0582. The summed E-state index contributed by atoms with van der Waals surface area (Å²) in [4.78, 5) is 38.8. The van der Waals surface area contributed by atoms with E-state index < -0.39 is 17.8 Å².